The molecular formula is C17H24N6O2. The van der Waals surface area contributed by atoms with E-state index in [2.05, 4.69) is 20.6 Å². The van der Waals surface area contributed by atoms with E-state index in [-0.39, 0.29) is 24.3 Å². The molecule has 1 atom stereocenters. The Morgan fingerprint density at radius 3 is 2.88 bits per heavy atom. The van der Waals surface area contributed by atoms with Crippen LogP contribution in [-0.2, 0) is 16.1 Å². The molecule has 0 spiro atoms. The molecule has 25 heavy (non-hydrogen) atoms. The second-order valence-electron chi connectivity index (χ2n) is 6.64. The monoisotopic (exact) mass is 344 g/mol. The summed E-state index contributed by atoms with van der Waals surface area (Å²) in [5.74, 6) is 0.0786. The van der Waals surface area contributed by atoms with Crippen molar-refractivity contribution in [2.45, 2.75) is 46.1 Å². The number of carbonyl (C=O) groups is 2. The largest absolute Gasteiger partial charge is 0.340 e. The molecule has 0 radical (unpaired) electrons. The van der Waals surface area contributed by atoms with Crippen molar-refractivity contribution in [2.75, 3.05) is 18.4 Å². The molecule has 1 saturated heterocycles. The van der Waals surface area contributed by atoms with Crippen LogP contribution in [0.5, 0.6) is 0 Å². The van der Waals surface area contributed by atoms with Gasteiger partial charge >= 0.3 is 0 Å². The standard InChI is InChI=1S/C17H24N6O2/c1-11-7-12(2)23(21-11)10-16(25)22-6-4-5-14(9-22)17-15(8-18-20-17)19-13(3)24/h7-8,14H,4-6,9-10H2,1-3H3,(H,18,20)(H,19,24). The van der Waals surface area contributed by atoms with E-state index in [4.69, 9.17) is 0 Å². The van der Waals surface area contributed by atoms with Crippen LogP contribution < -0.4 is 5.32 Å². The average molecular weight is 344 g/mol. The number of aromatic amines is 1. The number of nitrogens with one attached hydrogen (secondary N) is 2. The first kappa shape index (κ1) is 17.2. The molecule has 0 bridgehead atoms. The lowest BCUT2D eigenvalue weighted by atomic mass is 9.94. The maximum Gasteiger partial charge on any atom is 0.244 e. The van der Waals surface area contributed by atoms with Gasteiger partial charge in [-0.05, 0) is 32.8 Å². The van der Waals surface area contributed by atoms with Crippen molar-refractivity contribution < 1.29 is 9.59 Å². The lowest BCUT2D eigenvalue weighted by molar-refractivity contribution is -0.133. The summed E-state index contributed by atoms with van der Waals surface area (Å²) in [6.07, 6.45) is 3.50. The zero-order valence-corrected chi connectivity index (χ0v) is 14.9. The summed E-state index contributed by atoms with van der Waals surface area (Å²) in [7, 11) is 0. The number of rotatable bonds is 4. The van der Waals surface area contributed by atoms with Gasteiger partial charge in [-0.15, -0.1) is 0 Å². The Morgan fingerprint density at radius 1 is 1.40 bits per heavy atom. The van der Waals surface area contributed by atoms with Crippen LogP contribution in [0.15, 0.2) is 12.3 Å². The van der Waals surface area contributed by atoms with Gasteiger partial charge in [0.15, 0.2) is 0 Å². The Hall–Kier alpha value is -2.64. The molecule has 0 aliphatic carbocycles. The van der Waals surface area contributed by atoms with Crippen LogP contribution in [0.4, 0.5) is 5.69 Å². The quantitative estimate of drug-likeness (QED) is 0.880. The van der Waals surface area contributed by atoms with Crippen LogP contribution in [0.2, 0.25) is 0 Å². The zero-order valence-electron chi connectivity index (χ0n) is 14.9. The van der Waals surface area contributed by atoms with E-state index < -0.39 is 0 Å². The Kier molecular flexibility index (Phi) is 4.87. The molecule has 3 rings (SSSR count). The molecule has 8 heteroatoms. The topological polar surface area (TPSA) is 95.9 Å². The maximum absolute atomic E-state index is 12.7. The van der Waals surface area contributed by atoms with Crippen LogP contribution in [0.1, 0.15) is 42.8 Å². The number of aryl methyl sites for hydroxylation is 2. The molecule has 134 valence electrons. The molecule has 0 aromatic carbocycles. The summed E-state index contributed by atoms with van der Waals surface area (Å²) >= 11 is 0. The molecule has 1 aliphatic rings. The van der Waals surface area contributed by atoms with E-state index >= 15 is 0 Å². The molecule has 1 unspecified atom stereocenters. The number of likely N-dealkylation sites (tertiary alicyclic amines) is 1. The fraction of sp³-hybridized carbons (Fsp3) is 0.529. The number of aromatic nitrogens is 4. The number of hydrogen-bond donors (Lipinski definition) is 2. The normalized spacial score (nSPS) is 17.6. The van der Waals surface area contributed by atoms with Crippen molar-refractivity contribution in [1.29, 1.82) is 0 Å². The van der Waals surface area contributed by atoms with Gasteiger partial charge in [0.2, 0.25) is 11.8 Å². The lowest BCUT2D eigenvalue weighted by Gasteiger charge is -2.32. The van der Waals surface area contributed by atoms with Crippen molar-refractivity contribution in [2.24, 2.45) is 0 Å². The van der Waals surface area contributed by atoms with E-state index in [0.717, 1.165) is 36.5 Å². The van der Waals surface area contributed by atoms with Gasteiger partial charge in [-0.1, -0.05) is 0 Å². The second kappa shape index (κ2) is 7.08. The Labute approximate surface area is 146 Å². The highest BCUT2D eigenvalue weighted by atomic mass is 16.2. The average Bonchev–Trinajstić information content (AvgIpc) is 3.13. The van der Waals surface area contributed by atoms with Gasteiger partial charge in [-0.25, -0.2) is 0 Å². The van der Waals surface area contributed by atoms with E-state index in [9.17, 15) is 9.59 Å². The van der Waals surface area contributed by atoms with Gasteiger partial charge in [0.05, 0.1) is 23.3 Å². The highest BCUT2D eigenvalue weighted by Crippen LogP contribution is 2.30. The van der Waals surface area contributed by atoms with Gasteiger partial charge in [0.25, 0.3) is 0 Å². The molecule has 2 aromatic heterocycles. The maximum atomic E-state index is 12.7. The summed E-state index contributed by atoms with van der Waals surface area (Å²) in [6.45, 7) is 6.98. The number of amides is 2. The van der Waals surface area contributed by atoms with Crippen LogP contribution in [0.25, 0.3) is 0 Å². The van der Waals surface area contributed by atoms with Crippen LogP contribution in [0.3, 0.4) is 0 Å². The van der Waals surface area contributed by atoms with E-state index in [0.29, 0.717) is 12.2 Å². The van der Waals surface area contributed by atoms with E-state index in [1.54, 1.807) is 10.9 Å². The molecule has 2 amide bonds. The molecule has 1 fully saturated rings. The zero-order chi connectivity index (χ0) is 18.0. The van der Waals surface area contributed by atoms with Crippen molar-refractivity contribution in [3.05, 3.63) is 29.3 Å². The van der Waals surface area contributed by atoms with Gasteiger partial charge in [0, 0.05) is 31.6 Å². The first-order valence-corrected chi connectivity index (χ1v) is 8.53. The highest BCUT2D eigenvalue weighted by Gasteiger charge is 2.28. The summed E-state index contributed by atoms with van der Waals surface area (Å²) in [4.78, 5) is 25.9. The first-order valence-electron chi connectivity index (χ1n) is 8.53. The van der Waals surface area contributed by atoms with Gasteiger partial charge in [-0.2, -0.15) is 10.2 Å². The summed E-state index contributed by atoms with van der Waals surface area (Å²) < 4.78 is 1.75. The molecule has 1 aliphatic heterocycles. The number of H-pyrrole nitrogens is 1. The number of carbonyl (C=O) groups excluding carboxylic acids is 2. The minimum atomic E-state index is -0.129. The molecule has 2 aromatic rings. The van der Waals surface area contributed by atoms with E-state index in [1.165, 1.54) is 6.92 Å². The predicted molar refractivity (Wildman–Crippen MR) is 93.1 cm³/mol. The molecule has 3 heterocycles. The van der Waals surface area contributed by atoms with Gasteiger partial charge in [-0.3, -0.25) is 19.4 Å². The second-order valence-corrected chi connectivity index (χ2v) is 6.64. The fourth-order valence-corrected chi connectivity index (χ4v) is 3.40. The Morgan fingerprint density at radius 2 is 2.20 bits per heavy atom. The van der Waals surface area contributed by atoms with Crippen molar-refractivity contribution in [3.8, 4) is 0 Å². The third-order valence-electron chi connectivity index (χ3n) is 4.55. The van der Waals surface area contributed by atoms with E-state index in [1.807, 2.05) is 24.8 Å². The fourth-order valence-electron chi connectivity index (χ4n) is 3.40. The SMILES string of the molecule is CC(=O)Nc1cn[nH]c1C1CCCN(C(=O)Cn2nc(C)cc2C)C1. The number of hydrogen-bond acceptors (Lipinski definition) is 4. The van der Waals surface area contributed by atoms with Crippen LogP contribution in [-0.4, -0.2) is 49.8 Å². The molecular weight excluding hydrogens is 320 g/mol. The van der Waals surface area contributed by atoms with Crippen molar-refractivity contribution >= 4 is 17.5 Å². The minimum absolute atomic E-state index is 0.0662. The number of piperidine rings is 1. The third kappa shape index (κ3) is 3.89. The Balaban J connectivity index is 1.69. The summed E-state index contributed by atoms with van der Waals surface area (Å²) in [6, 6.07) is 1.97. The third-order valence-corrected chi connectivity index (χ3v) is 4.55. The van der Waals surface area contributed by atoms with Crippen molar-refractivity contribution in [3.63, 3.8) is 0 Å². The van der Waals surface area contributed by atoms with Crippen LogP contribution in [0, 0.1) is 13.8 Å². The van der Waals surface area contributed by atoms with Crippen LogP contribution >= 0.6 is 0 Å². The van der Waals surface area contributed by atoms with Gasteiger partial charge < -0.3 is 10.2 Å². The molecule has 2 N–H and O–H groups in total. The smallest absolute Gasteiger partial charge is 0.244 e. The summed E-state index contributed by atoms with van der Waals surface area (Å²) in [5, 5.41) is 14.2. The molecule has 0 saturated carbocycles. The highest BCUT2D eigenvalue weighted by molar-refractivity contribution is 5.89. The summed E-state index contributed by atoms with van der Waals surface area (Å²) in [5.41, 5.74) is 3.49. The van der Waals surface area contributed by atoms with Crippen molar-refractivity contribution in [1.82, 2.24) is 24.9 Å². The lowest BCUT2D eigenvalue weighted by Crippen LogP contribution is -2.41. The van der Waals surface area contributed by atoms with Gasteiger partial charge in [0.1, 0.15) is 6.54 Å². The number of nitrogens with zero attached hydrogens (tertiary/aromatic N) is 4. The minimum Gasteiger partial charge on any atom is -0.340 e. The first-order chi connectivity index (χ1) is 11.9. The Bertz CT molecular complexity index is 778. The predicted octanol–water partition coefficient (Wildman–Crippen LogP) is 1.59. The molecule has 8 nitrogen and oxygen atoms in total. The number of anilines is 1.